The molecule has 29 heavy (non-hydrogen) atoms. The monoisotopic (exact) mass is 380 g/mol. The van der Waals surface area contributed by atoms with Crippen LogP contribution in [0.5, 0.6) is 0 Å². The molecule has 0 heterocycles. The average molecular weight is 381 g/mol. The maximum absolute atomic E-state index is 2.49. The summed E-state index contributed by atoms with van der Waals surface area (Å²) in [7, 11) is 0. The Kier molecular flexibility index (Phi) is 6.00. The fraction of sp³-hybridized carbons (Fsp3) is 0.310. The van der Waals surface area contributed by atoms with Gasteiger partial charge >= 0.3 is 0 Å². The molecule has 3 aromatic carbocycles. The molecule has 0 aromatic heterocycles. The molecule has 3 aromatic rings. The summed E-state index contributed by atoms with van der Waals surface area (Å²) < 4.78 is 0. The van der Waals surface area contributed by atoms with Gasteiger partial charge in [-0.1, -0.05) is 110 Å². The van der Waals surface area contributed by atoms with E-state index in [1.54, 1.807) is 5.57 Å². The predicted octanol–water partition coefficient (Wildman–Crippen LogP) is 8.55. The number of hydrogen-bond donors (Lipinski definition) is 0. The molecule has 0 heteroatoms. The van der Waals surface area contributed by atoms with Crippen molar-refractivity contribution in [3.63, 3.8) is 0 Å². The van der Waals surface area contributed by atoms with Crippen LogP contribution in [0.3, 0.4) is 0 Å². The molecule has 0 saturated carbocycles. The summed E-state index contributed by atoms with van der Waals surface area (Å²) in [4.78, 5) is 0. The highest BCUT2D eigenvalue weighted by Crippen LogP contribution is 2.41. The molecule has 0 spiro atoms. The van der Waals surface area contributed by atoms with Crippen LogP contribution in [0.1, 0.15) is 61.3 Å². The molecule has 1 aliphatic rings. The Morgan fingerprint density at radius 1 is 0.655 bits per heavy atom. The zero-order valence-corrected chi connectivity index (χ0v) is 18.1. The zero-order chi connectivity index (χ0) is 20.2. The topological polar surface area (TPSA) is 0 Å². The molecule has 0 bridgehead atoms. The van der Waals surface area contributed by atoms with Gasteiger partial charge in [-0.3, -0.25) is 0 Å². The van der Waals surface area contributed by atoms with Crippen LogP contribution in [-0.4, -0.2) is 0 Å². The molecule has 0 radical (unpaired) electrons. The lowest BCUT2D eigenvalue weighted by Crippen LogP contribution is -1.94. The number of aryl methyl sites for hydroxylation is 2. The van der Waals surface area contributed by atoms with Crippen molar-refractivity contribution in [2.45, 2.75) is 59.3 Å². The van der Waals surface area contributed by atoms with Crippen LogP contribution in [-0.2, 0) is 6.42 Å². The smallest absolute Gasteiger partial charge is 0.00514 e. The van der Waals surface area contributed by atoms with Crippen molar-refractivity contribution in [3.8, 4) is 22.3 Å². The highest BCUT2D eigenvalue weighted by Gasteiger charge is 2.20. The van der Waals surface area contributed by atoms with E-state index in [2.05, 4.69) is 87.5 Å². The normalized spacial score (nSPS) is 12.7. The molecule has 0 N–H and O–H groups in total. The van der Waals surface area contributed by atoms with Gasteiger partial charge < -0.3 is 0 Å². The first-order chi connectivity index (χ1) is 14.2. The van der Waals surface area contributed by atoms with E-state index in [1.807, 2.05) is 0 Å². The Morgan fingerprint density at radius 3 is 1.86 bits per heavy atom. The van der Waals surface area contributed by atoms with E-state index in [9.17, 15) is 0 Å². The number of benzene rings is 3. The lowest BCUT2D eigenvalue weighted by Gasteiger charge is -2.14. The Bertz CT molecular complexity index is 1000. The van der Waals surface area contributed by atoms with E-state index < -0.39 is 0 Å². The number of unbranched alkanes of at least 4 members (excludes halogenated alkanes) is 3. The zero-order valence-electron chi connectivity index (χ0n) is 18.1. The number of fused-ring (bicyclic) bond motifs is 1. The van der Waals surface area contributed by atoms with E-state index in [0.717, 1.165) is 6.42 Å². The van der Waals surface area contributed by atoms with Crippen molar-refractivity contribution in [1.82, 2.24) is 0 Å². The van der Waals surface area contributed by atoms with Gasteiger partial charge in [0.25, 0.3) is 0 Å². The van der Waals surface area contributed by atoms with Crippen LogP contribution >= 0.6 is 0 Å². The lowest BCUT2D eigenvalue weighted by molar-refractivity contribution is 0.662. The molecule has 1 aliphatic carbocycles. The molecule has 0 saturated heterocycles. The minimum absolute atomic E-state index is 1.10. The fourth-order valence-electron chi connectivity index (χ4n) is 4.43. The highest BCUT2D eigenvalue weighted by atomic mass is 14.2. The van der Waals surface area contributed by atoms with Crippen molar-refractivity contribution in [3.05, 3.63) is 88.5 Å². The van der Waals surface area contributed by atoms with Crippen molar-refractivity contribution in [1.29, 1.82) is 0 Å². The van der Waals surface area contributed by atoms with E-state index in [-0.39, 0.29) is 0 Å². The molecular formula is C29H32. The minimum Gasteiger partial charge on any atom is -0.0654 e. The second kappa shape index (κ2) is 8.82. The van der Waals surface area contributed by atoms with Gasteiger partial charge in [-0.2, -0.15) is 0 Å². The SMILES string of the molecule is CCCCCCC1=Cc2c(-c3ccc(C)cc3)ccc(-c3ccc(C)cc3)c2C1. The third-order valence-electron chi connectivity index (χ3n) is 6.19. The quantitative estimate of drug-likeness (QED) is 0.360. The van der Waals surface area contributed by atoms with Crippen LogP contribution in [0.25, 0.3) is 28.3 Å². The van der Waals surface area contributed by atoms with Gasteiger partial charge in [-0.25, -0.2) is 0 Å². The molecule has 0 unspecified atom stereocenters. The second-order valence-electron chi connectivity index (χ2n) is 8.57. The first kappa shape index (κ1) is 19.7. The number of hydrogen-bond acceptors (Lipinski definition) is 0. The Morgan fingerprint density at radius 2 is 1.24 bits per heavy atom. The van der Waals surface area contributed by atoms with Crippen LogP contribution < -0.4 is 0 Å². The fourth-order valence-corrected chi connectivity index (χ4v) is 4.43. The van der Waals surface area contributed by atoms with E-state index in [1.165, 1.54) is 76.6 Å². The van der Waals surface area contributed by atoms with Crippen molar-refractivity contribution in [2.75, 3.05) is 0 Å². The minimum atomic E-state index is 1.10. The lowest BCUT2D eigenvalue weighted by atomic mass is 9.90. The van der Waals surface area contributed by atoms with Gasteiger partial charge in [-0.15, -0.1) is 0 Å². The van der Waals surface area contributed by atoms with Gasteiger partial charge in [-0.05, 0) is 66.5 Å². The van der Waals surface area contributed by atoms with Gasteiger partial charge in [0, 0.05) is 0 Å². The first-order valence-electron chi connectivity index (χ1n) is 11.1. The third-order valence-corrected chi connectivity index (χ3v) is 6.19. The molecule has 4 rings (SSSR count). The van der Waals surface area contributed by atoms with Gasteiger partial charge in [0.2, 0.25) is 0 Å². The molecule has 0 aliphatic heterocycles. The van der Waals surface area contributed by atoms with Gasteiger partial charge in [0.15, 0.2) is 0 Å². The summed E-state index contributed by atoms with van der Waals surface area (Å²) in [6.45, 7) is 6.60. The van der Waals surface area contributed by atoms with Crippen molar-refractivity contribution >= 4 is 6.08 Å². The maximum atomic E-state index is 2.49. The first-order valence-corrected chi connectivity index (χ1v) is 11.1. The Hall–Kier alpha value is -2.60. The largest absolute Gasteiger partial charge is 0.0654 e. The van der Waals surface area contributed by atoms with Crippen molar-refractivity contribution < 1.29 is 0 Å². The van der Waals surface area contributed by atoms with Crippen LogP contribution in [0.15, 0.2) is 66.2 Å². The second-order valence-corrected chi connectivity index (χ2v) is 8.57. The average Bonchev–Trinajstić information content (AvgIpc) is 3.16. The Balaban J connectivity index is 1.72. The van der Waals surface area contributed by atoms with E-state index in [4.69, 9.17) is 0 Å². The Labute approximate surface area is 176 Å². The van der Waals surface area contributed by atoms with Crippen molar-refractivity contribution in [2.24, 2.45) is 0 Å². The summed E-state index contributed by atoms with van der Waals surface area (Å²) in [5, 5.41) is 0. The van der Waals surface area contributed by atoms with Gasteiger partial charge in [0.1, 0.15) is 0 Å². The van der Waals surface area contributed by atoms with E-state index >= 15 is 0 Å². The molecule has 0 amide bonds. The molecule has 0 atom stereocenters. The third kappa shape index (κ3) is 4.37. The summed E-state index contributed by atoms with van der Waals surface area (Å²) in [5.74, 6) is 0. The van der Waals surface area contributed by atoms with Crippen LogP contribution in [0.2, 0.25) is 0 Å². The van der Waals surface area contributed by atoms with Crippen LogP contribution in [0, 0.1) is 13.8 Å². The summed E-state index contributed by atoms with van der Waals surface area (Å²) in [6.07, 6.45) is 10.1. The predicted molar refractivity (Wildman–Crippen MR) is 127 cm³/mol. The molecule has 148 valence electrons. The maximum Gasteiger partial charge on any atom is -0.00514 e. The van der Waals surface area contributed by atoms with Crippen LogP contribution in [0.4, 0.5) is 0 Å². The standard InChI is InChI=1S/C29H32/c1-4-5-6-7-8-23-19-28-26(24-13-9-21(2)10-14-24)17-18-27(29(28)20-23)25-15-11-22(3)12-16-25/h9-19H,4-8,20H2,1-3H3. The number of rotatable bonds is 7. The summed E-state index contributed by atoms with van der Waals surface area (Å²) in [6, 6.07) is 22.6. The summed E-state index contributed by atoms with van der Waals surface area (Å²) in [5.41, 5.74) is 12.6. The number of allylic oxidation sites excluding steroid dienone is 1. The van der Waals surface area contributed by atoms with E-state index in [0.29, 0.717) is 0 Å². The van der Waals surface area contributed by atoms with Gasteiger partial charge in [0.05, 0.1) is 0 Å². The summed E-state index contributed by atoms with van der Waals surface area (Å²) >= 11 is 0. The molecule has 0 nitrogen and oxygen atoms in total. The molecule has 0 fully saturated rings. The highest BCUT2D eigenvalue weighted by molar-refractivity contribution is 5.87. The molecular weight excluding hydrogens is 348 g/mol.